The fourth-order valence-electron chi connectivity index (χ4n) is 0.972. The zero-order valence-corrected chi connectivity index (χ0v) is 6.66. The molecule has 0 amide bonds. The zero-order valence-electron chi connectivity index (χ0n) is 6.66. The summed E-state index contributed by atoms with van der Waals surface area (Å²) in [5.74, 6) is 0.664. The van der Waals surface area contributed by atoms with Crippen LogP contribution in [0.4, 0.5) is 5.69 Å². The van der Waals surface area contributed by atoms with Gasteiger partial charge in [-0.25, -0.2) is 9.67 Å². The first kappa shape index (κ1) is 7.60. The molecule has 0 aromatic carbocycles. The Bertz CT molecular complexity index is 393. The first-order chi connectivity index (χ1) is 6.40. The summed E-state index contributed by atoms with van der Waals surface area (Å²) in [6, 6.07) is 5.08. The smallest absolute Gasteiger partial charge is 0.153 e. The highest BCUT2D eigenvalue weighted by molar-refractivity contribution is 5.37. The van der Waals surface area contributed by atoms with Gasteiger partial charge in [-0.2, -0.15) is 5.10 Å². The lowest BCUT2D eigenvalue weighted by molar-refractivity contribution is 0.847. The minimum absolute atomic E-state index is 0.316. The van der Waals surface area contributed by atoms with Crippen molar-refractivity contribution in [2.75, 3.05) is 0 Å². The van der Waals surface area contributed by atoms with Crippen molar-refractivity contribution >= 4 is 5.69 Å². The maximum absolute atomic E-state index is 10.1. The number of aromatic nitrogens is 3. The molecule has 0 saturated heterocycles. The van der Waals surface area contributed by atoms with E-state index < -0.39 is 0 Å². The molecular formula is C8H6N4O. The number of nitrogens with zero attached hydrogens (tertiary/aromatic N) is 4. The Hall–Kier alpha value is -2.04. The van der Waals surface area contributed by atoms with Crippen LogP contribution in [0.2, 0.25) is 0 Å². The minimum atomic E-state index is 0.316. The van der Waals surface area contributed by atoms with Gasteiger partial charge in [-0.05, 0) is 23.4 Å². The number of rotatable bonds is 2. The van der Waals surface area contributed by atoms with Gasteiger partial charge in [-0.15, -0.1) is 4.91 Å². The lowest BCUT2D eigenvalue weighted by Crippen LogP contribution is -1.96. The Morgan fingerprint density at radius 2 is 2.31 bits per heavy atom. The van der Waals surface area contributed by atoms with E-state index in [9.17, 15) is 4.91 Å². The summed E-state index contributed by atoms with van der Waals surface area (Å²) in [6.45, 7) is 0. The topological polar surface area (TPSA) is 60.1 Å². The summed E-state index contributed by atoms with van der Waals surface area (Å²) in [7, 11) is 0. The predicted octanol–water partition coefficient (Wildman–Crippen LogP) is 1.67. The van der Waals surface area contributed by atoms with Crippen molar-refractivity contribution in [3.63, 3.8) is 0 Å². The van der Waals surface area contributed by atoms with Crippen molar-refractivity contribution < 1.29 is 0 Å². The van der Waals surface area contributed by atoms with Crippen LogP contribution in [0.3, 0.4) is 0 Å². The summed E-state index contributed by atoms with van der Waals surface area (Å²) < 4.78 is 1.61. The van der Waals surface area contributed by atoms with Crippen LogP contribution in [0.25, 0.3) is 5.82 Å². The van der Waals surface area contributed by atoms with E-state index in [0.29, 0.717) is 11.5 Å². The van der Waals surface area contributed by atoms with Crippen LogP contribution in [0.15, 0.2) is 42.0 Å². The highest BCUT2D eigenvalue weighted by atomic mass is 16.3. The SMILES string of the molecule is O=Nc1ccc(-n2cccn2)nc1. The molecule has 2 aromatic rings. The van der Waals surface area contributed by atoms with E-state index in [-0.39, 0.29) is 0 Å². The van der Waals surface area contributed by atoms with Gasteiger partial charge in [0.15, 0.2) is 5.82 Å². The van der Waals surface area contributed by atoms with Crippen LogP contribution in [0, 0.1) is 4.91 Å². The van der Waals surface area contributed by atoms with Crippen molar-refractivity contribution in [3.05, 3.63) is 41.7 Å². The fraction of sp³-hybridized carbons (Fsp3) is 0. The lowest BCUT2D eigenvalue weighted by Gasteiger charge is -1.97. The molecule has 5 nitrogen and oxygen atoms in total. The largest absolute Gasteiger partial charge is 0.235 e. The van der Waals surface area contributed by atoms with Crippen LogP contribution in [0.1, 0.15) is 0 Å². The third kappa shape index (κ3) is 1.44. The molecule has 0 aliphatic heterocycles. The summed E-state index contributed by atoms with van der Waals surface area (Å²) in [6.07, 6.45) is 4.84. The predicted molar refractivity (Wildman–Crippen MR) is 46.8 cm³/mol. The molecule has 0 bridgehead atoms. The molecule has 0 saturated carbocycles. The van der Waals surface area contributed by atoms with E-state index in [1.807, 2.05) is 0 Å². The van der Waals surface area contributed by atoms with Gasteiger partial charge in [0.1, 0.15) is 5.69 Å². The normalized spacial score (nSPS) is 9.85. The molecule has 2 heterocycles. The number of pyridine rings is 1. The molecule has 2 rings (SSSR count). The van der Waals surface area contributed by atoms with Crippen LogP contribution < -0.4 is 0 Å². The average Bonchev–Trinajstić information content (AvgIpc) is 2.71. The third-order valence-electron chi connectivity index (χ3n) is 1.58. The molecule has 0 aliphatic carbocycles. The van der Waals surface area contributed by atoms with E-state index in [1.165, 1.54) is 6.20 Å². The van der Waals surface area contributed by atoms with Crippen LogP contribution in [-0.4, -0.2) is 14.8 Å². The second kappa shape index (κ2) is 3.14. The summed E-state index contributed by atoms with van der Waals surface area (Å²) in [5.41, 5.74) is 0.316. The quantitative estimate of drug-likeness (QED) is 0.650. The van der Waals surface area contributed by atoms with E-state index >= 15 is 0 Å². The summed E-state index contributed by atoms with van der Waals surface area (Å²) in [4.78, 5) is 14.1. The van der Waals surface area contributed by atoms with Crippen molar-refractivity contribution in [2.24, 2.45) is 5.18 Å². The molecular weight excluding hydrogens is 168 g/mol. The molecule has 2 aromatic heterocycles. The molecule has 0 N–H and O–H groups in total. The monoisotopic (exact) mass is 174 g/mol. The molecule has 64 valence electrons. The Labute approximate surface area is 74.0 Å². The highest BCUT2D eigenvalue weighted by Crippen LogP contribution is 2.10. The fourth-order valence-corrected chi connectivity index (χ4v) is 0.972. The Morgan fingerprint density at radius 3 is 2.85 bits per heavy atom. The molecule has 0 spiro atoms. The summed E-state index contributed by atoms with van der Waals surface area (Å²) in [5, 5.41) is 6.74. The molecule has 5 heteroatoms. The first-order valence-corrected chi connectivity index (χ1v) is 3.69. The second-order valence-electron chi connectivity index (χ2n) is 2.42. The highest BCUT2D eigenvalue weighted by Gasteiger charge is 1.97. The zero-order chi connectivity index (χ0) is 9.10. The van der Waals surface area contributed by atoms with Crippen molar-refractivity contribution in [1.82, 2.24) is 14.8 Å². The molecule has 13 heavy (non-hydrogen) atoms. The van der Waals surface area contributed by atoms with Gasteiger partial charge in [0.25, 0.3) is 0 Å². The molecule has 0 aliphatic rings. The van der Waals surface area contributed by atoms with Crippen molar-refractivity contribution in [3.8, 4) is 5.82 Å². The molecule has 0 radical (unpaired) electrons. The number of hydrogen-bond acceptors (Lipinski definition) is 4. The van der Waals surface area contributed by atoms with Gasteiger partial charge in [-0.3, -0.25) is 0 Å². The Morgan fingerprint density at radius 1 is 1.38 bits per heavy atom. The number of nitroso groups, excluding NO2 is 1. The van der Waals surface area contributed by atoms with Gasteiger partial charge in [-0.1, -0.05) is 0 Å². The summed E-state index contributed by atoms with van der Waals surface area (Å²) >= 11 is 0. The Balaban J connectivity index is 2.38. The molecule has 0 atom stereocenters. The first-order valence-electron chi connectivity index (χ1n) is 3.69. The maximum Gasteiger partial charge on any atom is 0.153 e. The van der Waals surface area contributed by atoms with E-state index in [4.69, 9.17) is 0 Å². The van der Waals surface area contributed by atoms with Gasteiger partial charge in [0.05, 0.1) is 6.20 Å². The average molecular weight is 174 g/mol. The number of hydrogen-bond donors (Lipinski definition) is 0. The van der Waals surface area contributed by atoms with Gasteiger partial charge in [0, 0.05) is 12.4 Å². The van der Waals surface area contributed by atoms with E-state index in [1.54, 1.807) is 35.3 Å². The van der Waals surface area contributed by atoms with E-state index in [0.717, 1.165) is 0 Å². The van der Waals surface area contributed by atoms with Crippen LogP contribution >= 0.6 is 0 Å². The van der Waals surface area contributed by atoms with Crippen molar-refractivity contribution in [1.29, 1.82) is 0 Å². The standard InChI is InChI=1S/C8H6N4O/c13-11-7-2-3-8(9-6-7)12-5-1-4-10-12/h1-6H. The second-order valence-corrected chi connectivity index (χ2v) is 2.42. The third-order valence-corrected chi connectivity index (χ3v) is 1.58. The maximum atomic E-state index is 10.1. The van der Waals surface area contributed by atoms with Gasteiger partial charge in [0.2, 0.25) is 0 Å². The van der Waals surface area contributed by atoms with Crippen molar-refractivity contribution in [2.45, 2.75) is 0 Å². The van der Waals surface area contributed by atoms with Crippen LogP contribution in [0.5, 0.6) is 0 Å². The minimum Gasteiger partial charge on any atom is -0.235 e. The lowest BCUT2D eigenvalue weighted by atomic mass is 10.4. The van der Waals surface area contributed by atoms with Gasteiger partial charge < -0.3 is 0 Å². The molecule has 0 fully saturated rings. The van der Waals surface area contributed by atoms with E-state index in [2.05, 4.69) is 15.3 Å². The Kier molecular flexibility index (Phi) is 1.84. The molecule has 0 unspecified atom stereocenters. The van der Waals surface area contributed by atoms with Crippen LogP contribution in [-0.2, 0) is 0 Å². The van der Waals surface area contributed by atoms with Gasteiger partial charge >= 0.3 is 0 Å².